The fraction of sp³-hybridized carbons (Fsp3) is 0.467. The maximum absolute atomic E-state index is 13.7. The fourth-order valence-corrected chi connectivity index (χ4v) is 2.55. The van der Waals surface area contributed by atoms with Crippen LogP contribution in [0.1, 0.15) is 30.1 Å². The van der Waals surface area contributed by atoms with Crippen molar-refractivity contribution in [3.8, 4) is 0 Å². The molecule has 120 valence electrons. The summed E-state index contributed by atoms with van der Waals surface area (Å²) in [6.45, 7) is 1.87. The average Bonchev–Trinajstić information content (AvgIpc) is 2.61. The maximum atomic E-state index is 13.7. The Bertz CT molecular complexity index is 580. The van der Waals surface area contributed by atoms with Crippen LogP contribution < -0.4 is 5.32 Å². The monoisotopic (exact) mass is 312 g/mol. The van der Waals surface area contributed by atoms with Gasteiger partial charge in [-0.25, -0.2) is 8.78 Å². The topological polar surface area (TPSA) is 69.6 Å². The summed E-state index contributed by atoms with van der Waals surface area (Å²) in [6.07, 6.45) is -0.116. The van der Waals surface area contributed by atoms with Crippen LogP contribution in [0.5, 0.6) is 0 Å². The summed E-state index contributed by atoms with van der Waals surface area (Å²) in [6, 6.07) is 2.37. The summed E-state index contributed by atoms with van der Waals surface area (Å²) in [5.74, 6) is -2.46. The molecule has 7 heteroatoms. The molecule has 2 atom stereocenters. The number of hydrogen-bond acceptors (Lipinski definition) is 3. The van der Waals surface area contributed by atoms with Gasteiger partial charge in [-0.1, -0.05) is 0 Å². The highest BCUT2D eigenvalue weighted by atomic mass is 19.1. The van der Waals surface area contributed by atoms with Crippen LogP contribution in [0.3, 0.4) is 0 Å². The van der Waals surface area contributed by atoms with Crippen molar-refractivity contribution < 1.29 is 23.5 Å². The standard InChI is InChI=1S/C15H18F2N2O3/c1-9(20)18-13-4-6-19(7-5-14(13)21)15(22)11-3-2-10(16)8-12(11)17/h2-3,8,13-14,21H,4-7H2,1H3,(H,18,20)/t13-,14-/m0/s1. The Morgan fingerprint density at radius 2 is 1.95 bits per heavy atom. The molecular weight excluding hydrogens is 294 g/mol. The number of nitrogens with one attached hydrogen (secondary N) is 1. The van der Waals surface area contributed by atoms with Crippen molar-refractivity contribution in [1.29, 1.82) is 0 Å². The van der Waals surface area contributed by atoms with E-state index in [9.17, 15) is 23.5 Å². The Hall–Kier alpha value is -2.02. The van der Waals surface area contributed by atoms with E-state index >= 15 is 0 Å². The molecule has 1 aliphatic rings. The van der Waals surface area contributed by atoms with E-state index in [0.29, 0.717) is 12.5 Å². The minimum Gasteiger partial charge on any atom is -0.391 e. The van der Waals surface area contributed by atoms with E-state index in [4.69, 9.17) is 0 Å². The van der Waals surface area contributed by atoms with Gasteiger partial charge in [0.05, 0.1) is 17.7 Å². The molecule has 0 spiro atoms. The van der Waals surface area contributed by atoms with Gasteiger partial charge in [0.25, 0.3) is 5.91 Å². The molecule has 0 saturated carbocycles. The van der Waals surface area contributed by atoms with Crippen molar-refractivity contribution in [2.75, 3.05) is 13.1 Å². The van der Waals surface area contributed by atoms with Gasteiger partial charge in [0.15, 0.2) is 0 Å². The third-order valence-corrected chi connectivity index (χ3v) is 3.71. The predicted molar refractivity (Wildman–Crippen MR) is 75.1 cm³/mol. The summed E-state index contributed by atoms with van der Waals surface area (Å²) < 4.78 is 26.6. The summed E-state index contributed by atoms with van der Waals surface area (Å²) >= 11 is 0. The minimum absolute atomic E-state index is 0.200. The van der Waals surface area contributed by atoms with Gasteiger partial charge in [0.2, 0.25) is 5.91 Å². The second kappa shape index (κ2) is 6.83. The van der Waals surface area contributed by atoms with Gasteiger partial charge in [-0.05, 0) is 25.0 Å². The second-order valence-electron chi connectivity index (χ2n) is 5.37. The first-order valence-electron chi connectivity index (χ1n) is 7.08. The molecule has 1 saturated heterocycles. The Kier molecular flexibility index (Phi) is 5.07. The summed E-state index contributed by atoms with van der Waals surface area (Å²) in [5.41, 5.74) is -0.200. The van der Waals surface area contributed by atoms with E-state index in [1.807, 2.05) is 0 Å². The summed E-state index contributed by atoms with van der Waals surface area (Å²) in [7, 11) is 0. The van der Waals surface area contributed by atoms with Crippen LogP contribution >= 0.6 is 0 Å². The number of aliphatic hydroxyl groups is 1. The lowest BCUT2D eigenvalue weighted by atomic mass is 10.1. The van der Waals surface area contributed by atoms with E-state index in [0.717, 1.165) is 12.1 Å². The number of rotatable bonds is 2. The molecule has 1 aromatic carbocycles. The molecule has 1 fully saturated rings. The quantitative estimate of drug-likeness (QED) is 0.858. The number of amides is 2. The predicted octanol–water partition coefficient (Wildman–Crippen LogP) is 1.07. The molecule has 0 bridgehead atoms. The van der Waals surface area contributed by atoms with Crippen LogP contribution in [-0.4, -0.2) is 47.1 Å². The van der Waals surface area contributed by atoms with Crippen LogP contribution in [-0.2, 0) is 4.79 Å². The molecule has 2 N–H and O–H groups in total. The highest BCUT2D eigenvalue weighted by molar-refractivity contribution is 5.94. The van der Waals surface area contributed by atoms with Crippen molar-refractivity contribution >= 4 is 11.8 Å². The molecule has 1 aliphatic heterocycles. The molecule has 2 amide bonds. The Morgan fingerprint density at radius 3 is 2.59 bits per heavy atom. The zero-order valence-corrected chi connectivity index (χ0v) is 12.2. The van der Waals surface area contributed by atoms with Crippen molar-refractivity contribution in [2.45, 2.75) is 31.9 Å². The van der Waals surface area contributed by atoms with Gasteiger partial charge in [-0.3, -0.25) is 9.59 Å². The molecule has 0 aromatic heterocycles. The summed E-state index contributed by atoms with van der Waals surface area (Å²) in [5, 5.41) is 12.6. The second-order valence-corrected chi connectivity index (χ2v) is 5.37. The first kappa shape index (κ1) is 16.4. The van der Waals surface area contributed by atoms with Gasteiger partial charge in [-0.15, -0.1) is 0 Å². The Labute approximate surface area is 126 Å². The smallest absolute Gasteiger partial charge is 0.256 e. The summed E-state index contributed by atoms with van der Waals surface area (Å²) in [4.78, 5) is 24.8. The molecule has 0 unspecified atom stereocenters. The number of aliphatic hydroxyl groups excluding tert-OH is 1. The molecule has 1 aromatic rings. The van der Waals surface area contributed by atoms with E-state index in [1.165, 1.54) is 11.8 Å². The Balaban J connectivity index is 2.09. The third kappa shape index (κ3) is 3.79. The van der Waals surface area contributed by atoms with Gasteiger partial charge in [0, 0.05) is 26.1 Å². The van der Waals surface area contributed by atoms with Crippen LogP contribution in [0.2, 0.25) is 0 Å². The molecule has 5 nitrogen and oxygen atoms in total. The minimum atomic E-state index is -0.909. The molecule has 22 heavy (non-hydrogen) atoms. The molecule has 2 rings (SSSR count). The highest BCUT2D eigenvalue weighted by Gasteiger charge is 2.28. The number of halogens is 2. The highest BCUT2D eigenvalue weighted by Crippen LogP contribution is 2.17. The van der Waals surface area contributed by atoms with Crippen LogP contribution in [0.25, 0.3) is 0 Å². The van der Waals surface area contributed by atoms with Gasteiger partial charge in [-0.2, -0.15) is 0 Å². The number of hydrogen-bond donors (Lipinski definition) is 2. The SMILES string of the molecule is CC(=O)N[C@H]1CCN(C(=O)c2ccc(F)cc2F)CC[C@@H]1O. The van der Waals surface area contributed by atoms with Gasteiger partial charge < -0.3 is 15.3 Å². The molecule has 0 aliphatic carbocycles. The van der Waals surface area contributed by atoms with Crippen molar-refractivity contribution in [3.63, 3.8) is 0 Å². The Morgan fingerprint density at radius 1 is 1.27 bits per heavy atom. The molecule has 1 heterocycles. The normalized spacial score (nSPS) is 22.1. The lowest BCUT2D eigenvalue weighted by Gasteiger charge is -2.21. The van der Waals surface area contributed by atoms with Crippen molar-refractivity contribution in [1.82, 2.24) is 10.2 Å². The van der Waals surface area contributed by atoms with Crippen LogP contribution in [0.15, 0.2) is 18.2 Å². The van der Waals surface area contributed by atoms with E-state index < -0.39 is 29.7 Å². The first-order valence-corrected chi connectivity index (χ1v) is 7.08. The van der Waals surface area contributed by atoms with E-state index in [1.54, 1.807) is 0 Å². The van der Waals surface area contributed by atoms with Crippen LogP contribution in [0.4, 0.5) is 8.78 Å². The van der Waals surface area contributed by atoms with Crippen LogP contribution in [0, 0.1) is 11.6 Å². The maximum Gasteiger partial charge on any atom is 0.256 e. The molecular formula is C15H18F2N2O3. The first-order chi connectivity index (χ1) is 10.4. The number of carbonyl (C=O) groups is 2. The van der Waals surface area contributed by atoms with Gasteiger partial charge >= 0.3 is 0 Å². The average molecular weight is 312 g/mol. The zero-order valence-electron chi connectivity index (χ0n) is 12.2. The fourth-order valence-electron chi connectivity index (χ4n) is 2.55. The lowest BCUT2D eigenvalue weighted by Crippen LogP contribution is -2.42. The lowest BCUT2D eigenvalue weighted by molar-refractivity contribution is -0.120. The number of benzene rings is 1. The largest absolute Gasteiger partial charge is 0.391 e. The van der Waals surface area contributed by atoms with E-state index in [2.05, 4.69) is 5.32 Å². The van der Waals surface area contributed by atoms with Crippen molar-refractivity contribution in [2.24, 2.45) is 0 Å². The van der Waals surface area contributed by atoms with Crippen molar-refractivity contribution in [3.05, 3.63) is 35.4 Å². The number of nitrogens with zero attached hydrogens (tertiary/aromatic N) is 1. The van der Waals surface area contributed by atoms with E-state index in [-0.39, 0.29) is 31.0 Å². The van der Waals surface area contributed by atoms with Gasteiger partial charge in [0.1, 0.15) is 11.6 Å². The molecule has 0 radical (unpaired) electrons. The third-order valence-electron chi connectivity index (χ3n) is 3.71. The number of carbonyl (C=O) groups excluding carboxylic acids is 2. The number of likely N-dealkylation sites (tertiary alicyclic amines) is 1. The zero-order chi connectivity index (χ0) is 16.3.